The smallest absolute Gasteiger partial charge is 0.131 e. The van der Waals surface area contributed by atoms with Crippen LogP contribution in [0.5, 0.6) is 0 Å². The van der Waals surface area contributed by atoms with Crippen LogP contribution in [0.15, 0.2) is 12.3 Å². The summed E-state index contributed by atoms with van der Waals surface area (Å²) in [6.07, 6.45) is 3.04. The number of rotatable bonds is 2. The number of nitrogens with two attached hydrogens (primary N) is 1. The SMILES string of the molecule is CC(N)c1ccnc(C2CC2C)n1. The van der Waals surface area contributed by atoms with Gasteiger partial charge in [0, 0.05) is 18.2 Å². The Bertz CT molecular complexity index is 309. The summed E-state index contributed by atoms with van der Waals surface area (Å²) in [7, 11) is 0. The van der Waals surface area contributed by atoms with Crippen LogP contribution in [0.4, 0.5) is 0 Å². The molecule has 0 aliphatic heterocycles. The van der Waals surface area contributed by atoms with Gasteiger partial charge >= 0.3 is 0 Å². The number of hydrogen-bond acceptors (Lipinski definition) is 3. The third-order valence-electron chi connectivity index (χ3n) is 2.60. The van der Waals surface area contributed by atoms with E-state index in [1.165, 1.54) is 6.42 Å². The minimum Gasteiger partial charge on any atom is -0.323 e. The van der Waals surface area contributed by atoms with Gasteiger partial charge in [0.15, 0.2) is 0 Å². The van der Waals surface area contributed by atoms with Gasteiger partial charge in [-0.1, -0.05) is 6.92 Å². The molecule has 1 fully saturated rings. The van der Waals surface area contributed by atoms with Gasteiger partial charge < -0.3 is 5.73 Å². The van der Waals surface area contributed by atoms with E-state index < -0.39 is 0 Å². The Kier molecular flexibility index (Phi) is 2.04. The highest BCUT2D eigenvalue weighted by atomic mass is 14.9. The van der Waals surface area contributed by atoms with E-state index in [1.54, 1.807) is 0 Å². The van der Waals surface area contributed by atoms with Gasteiger partial charge in [-0.2, -0.15) is 0 Å². The van der Waals surface area contributed by atoms with Crippen molar-refractivity contribution in [1.82, 2.24) is 9.97 Å². The third-order valence-corrected chi connectivity index (χ3v) is 2.60. The second-order valence-electron chi connectivity index (χ2n) is 3.95. The van der Waals surface area contributed by atoms with Crippen LogP contribution in [0.2, 0.25) is 0 Å². The first kappa shape index (κ1) is 8.63. The lowest BCUT2D eigenvalue weighted by atomic mass is 10.2. The van der Waals surface area contributed by atoms with E-state index in [0.29, 0.717) is 5.92 Å². The summed E-state index contributed by atoms with van der Waals surface area (Å²) in [6, 6.07) is 1.90. The van der Waals surface area contributed by atoms with Crippen molar-refractivity contribution in [2.24, 2.45) is 11.7 Å². The first-order valence-electron chi connectivity index (χ1n) is 4.77. The molecule has 3 unspecified atom stereocenters. The van der Waals surface area contributed by atoms with Gasteiger partial charge in [-0.15, -0.1) is 0 Å². The van der Waals surface area contributed by atoms with E-state index in [1.807, 2.05) is 19.2 Å². The number of hydrogen-bond donors (Lipinski definition) is 1. The predicted molar refractivity (Wildman–Crippen MR) is 51.2 cm³/mol. The lowest BCUT2D eigenvalue weighted by Gasteiger charge is -2.05. The predicted octanol–water partition coefficient (Wildman–Crippen LogP) is 1.62. The third kappa shape index (κ3) is 1.70. The first-order chi connectivity index (χ1) is 6.18. The van der Waals surface area contributed by atoms with E-state index in [-0.39, 0.29) is 6.04 Å². The van der Waals surface area contributed by atoms with Crippen LogP contribution in [0.25, 0.3) is 0 Å². The van der Waals surface area contributed by atoms with Crippen LogP contribution in [0.3, 0.4) is 0 Å². The van der Waals surface area contributed by atoms with Gasteiger partial charge in [-0.3, -0.25) is 0 Å². The Labute approximate surface area is 78.4 Å². The van der Waals surface area contributed by atoms with Gasteiger partial charge in [0.1, 0.15) is 5.82 Å². The van der Waals surface area contributed by atoms with E-state index >= 15 is 0 Å². The molecular weight excluding hydrogens is 162 g/mol. The highest BCUT2D eigenvalue weighted by Crippen LogP contribution is 2.45. The normalized spacial score (nSPS) is 28.5. The molecule has 2 rings (SSSR count). The lowest BCUT2D eigenvalue weighted by Crippen LogP contribution is -2.09. The van der Waals surface area contributed by atoms with Crippen molar-refractivity contribution < 1.29 is 0 Å². The van der Waals surface area contributed by atoms with Crippen molar-refractivity contribution in [1.29, 1.82) is 0 Å². The quantitative estimate of drug-likeness (QED) is 0.746. The van der Waals surface area contributed by atoms with Crippen molar-refractivity contribution in [3.8, 4) is 0 Å². The van der Waals surface area contributed by atoms with E-state index in [9.17, 15) is 0 Å². The zero-order valence-corrected chi connectivity index (χ0v) is 8.07. The van der Waals surface area contributed by atoms with Crippen molar-refractivity contribution in [2.45, 2.75) is 32.2 Å². The Morgan fingerprint density at radius 2 is 2.31 bits per heavy atom. The Morgan fingerprint density at radius 3 is 2.85 bits per heavy atom. The molecule has 0 saturated heterocycles. The number of aromatic nitrogens is 2. The van der Waals surface area contributed by atoms with Crippen LogP contribution in [0, 0.1) is 5.92 Å². The second kappa shape index (κ2) is 3.07. The van der Waals surface area contributed by atoms with Gasteiger partial charge in [-0.25, -0.2) is 9.97 Å². The van der Waals surface area contributed by atoms with Crippen molar-refractivity contribution in [2.75, 3.05) is 0 Å². The highest BCUT2D eigenvalue weighted by molar-refractivity contribution is 5.13. The van der Waals surface area contributed by atoms with Crippen LogP contribution >= 0.6 is 0 Å². The fourth-order valence-corrected chi connectivity index (χ4v) is 1.50. The molecule has 2 N–H and O–H groups in total. The molecule has 1 aliphatic rings. The zero-order chi connectivity index (χ0) is 9.42. The lowest BCUT2D eigenvalue weighted by molar-refractivity contribution is 0.742. The highest BCUT2D eigenvalue weighted by Gasteiger charge is 2.36. The maximum atomic E-state index is 5.75. The summed E-state index contributed by atoms with van der Waals surface area (Å²) < 4.78 is 0. The first-order valence-corrected chi connectivity index (χ1v) is 4.77. The molecule has 3 atom stereocenters. The summed E-state index contributed by atoms with van der Waals surface area (Å²) >= 11 is 0. The average Bonchev–Trinajstić information content (AvgIpc) is 2.83. The van der Waals surface area contributed by atoms with E-state index in [2.05, 4.69) is 16.9 Å². The molecule has 0 radical (unpaired) electrons. The molecule has 1 heterocycles. The molecule has 13 heavy (non-hydrogen) atoms. The van der Waals surface area contributed by atoms with E-state index in [4.69, 9.17) is 5.73 Å². The second-order valence-corrected chi connectivity index (χ2v) is 3.95. The molecule has 3 nitrogen and oxygen atoms in total. The van der Waals surface area contributed by atoms with Gasteiger partial charge in [0.05, 0.1) is 5.69 Å². The summed E-state index contributed by atoms with van der Waals surface area (Å²) in [6.45, 7) is 4.18. The van der Waals surface area contributed by atoms with Crippen molar-refractivity contribution >= 4 is 0 Å². The van der Waals surface area contributed by atoms with Crippen LogP contribution in [-0.2, 0) is 0 Å². The van der Waals surface area contributed by atoms with Gasteiger partial charge in [0.2, 0.25) is 0 Å². The van der Waals surface area contributed by atoms with Crippen molar-refractivity contribution in [3.05, 3.63) is 23.8 Å². The molecule has 0 spiro atoms. The van der Waals surface area contributed by atoms with Crippen LogP contribution < -0.4 is 5.73 Å². The summed E-state index contributed by atoms with van der Waals surface area (Å²) in [5.41, 5.74) is 6.70. The van der Waals surface area contributed by atoms with Gasteiger partial charge in [0.25, 0.3) is 0 Å². The molecular formula is C10H15N3. The standard InChI is InChI=1S/C10H15N3/c1-6-5-8(6)10-12-4-3-9(13-10)7(2)11/h3-4,6-8H,5,11H2,1-2H3. The molecule has 1 aliphatic carbocycles. The molecule has 0 bridgehead atoms. The Balaban J connectivity index is 2.23. The van der Waals surface area contributed by atoms with Gasteiger partial charge in [-0.05, 0) is 25.3 Å². The Hall–Kier alpha value is -0.960. The van der Waals surface area contributed by atoms with Crippen LogP contribution in [0.1, 0.15) is 43.7 Å². The maximum absolute atomic E-state index is 5.75. The molecule has 70 valence electrons. The fourth-order valence-electron chi connectivity index (χ4n) is 1.50. The molecule has 1 aromatic heterocycles. The average molecular weight is 177 g/mol. The van der Waals surface area contributed by atoms with Crippen LogP contribution in [-0.4, -0.2) is 9.97 Å². The molecule has 0 amide bonds. The molecule has 1 saturated carbocycles. The number of nitrogens with zero attached hydrogens (tertiary/aromatic N) is 2. The monoisotopic (exact) mass is 177 g/mol. The topological polar surface area (TPSA) is 51.8 Å². The summed E-state index contributed by atoms with van der Waals surface area (Å²) in [5, 5.41) is 0. The maximum Gasteiger partial charge on any atom is 0.131 e. The molecule has 0 aromatic carbocycles. The van der Waals surface area contributed by atoms with Crippen molar-refractivity contribution in [3.63, 3.8) is 0 Å². The Morgan fingerprint density at radius 1 is 1.62 bits per heavy atom. The zero-order valence-electron chi connectivity index (χ0n) is 8.07. The summed E-state index contributed by atoms with van der Waals surface area (Å²) in [5.74, 6) is 2.31. The molecule has 1 aromatic rings. The van der Waals surface area contributed by atoms with E-state index in [0.717, 1.165) is 17.4 Å². The minimum absolute atomic E-state index is 0.0100. The summed E-state index contributed by atoms with van der Waals surface area (Å²) in [4.78, 5) is 8.72. The largest absolute Gasteiger partial charge is 0.323 e. The fraction of sp³-hybridized carbons (Fsp3) is 0.600. The molecule has 3 heteroatoms. The minimum atomic E-state index is 0.0100.